The molecule has 0 atom stereocenters. The molecule has 0 aliphatic heterocycles. The van der Waals surface area contributed by atoms with Crippen molar-refractivity contribution in [2.75, 3.05) is 0 Å². The van der Waals surface area contributed by atoms with Crippen LogP contribution in [0.2, 0.25) is 0 Å². The summed E-state index contributed by atoms with van der Waals surface area (Å²) in [6.07, 6.45) is 0. The third kappa shape index (κ3) is 1.08. The number of thiophene rings is 1. The second-order valence-electron chi connectivity index (χ2n) is 2.68. The van der Waals surface area contributed by atoms with Crippen molar-refractivity contribution in [3.05, 3.63) is 26.7 Å². The van der Waals surface area contributed by atoms with Gasteiger partial charge in [-0.25, -0.2) is 4.79 Å². The van der Waals surface area contributed by atoms with Crippen LogP contribution < -0.4 is 5.56 Å². The van der Waals surface area contributed by atoms with Gasteiger partial charge in [-0.15, -0.1) is 11.3 Å². The first-order chi connectivity index (χ1) is 6.61. The van der Waals surface area contributed by atoms with Gasteiger partial charge in [-0.2, -0.15) is 0 Å². The number of fused-ring (bicyclic) bond motifs is 1. The Balaban J connectivity index is 2.96. The predicted octanol–water partition coefficient (Wildman–Crippen LogP) is 0.993. The number of aromatic carboxylic acids is 1. The minimum atomic E-state index is -1.43. The van der Waals surface area contributed by atoms with E-state index in [2.05, 4.69) is 4.98 Å². The Labute approximate surface area is 81.2 Å². The fourth-order valence-corrected chi connectivity index (χ4v) is 1.97. The summed E-state index contributed by atoms with van der Waals surface area (Å²) in [5.74, 6) is -1.91. The van der Waals surface area contributed by atoms with Gasteiger partial charge in [0.25, 0.3) is 5.56 Å². The minimum Gasteiger partial charge on any atom is -0.506 e. The van der Waals surface area contributed by atoms with Crippen molar-refractivity contribution < 1.29 is 15.0 Å². The van der Waals surface area contributed by atoms with E-state index in [4.69, 9.17) is 5.11 Å². The minimum absolute atomic E-state index is 0.354. The van der Waals surface area contributed by atoms with Gasteiger partial charge in [0, 0.05) is 10.8 Å². The lowest BCUT2D eigenvalue weighted by Crippen LogP contribution is -2.17. The molecule has 0 saturated carbocycles. The highest BCUT2D eigenvalue weighted by molar-refractivity contribution is 7.09. The van der Waals surface area contributed by atoms with Crippen LogP contribution >= 0.6 is 11.3 Å². The number of aromatic amines is 1. The van der Waals surface area contributed by atoms with E-state index in [1.54, 1.807) is 10.8 Å². The lowest BCUT2D eigenvalue weighted by atomic mass is 10.2. The second-order valence-corrected chi connectivity index (χ2v) is 3.43. The highest BCUT2D eigenvalue weighted by Crippen LogP contribution is 2.27. The molecule has 0 radical (unpaired) electrons. The molecule has 72 valence electrons. The van der Waals surface area contributed by atoms with Gasteiger partial charge in [-0.05, 0) is 0 Å². The summed E-state index contributed by atoms with van der Waals surface area (Å²) in [5, 5.41) is 21.7. The van der Waals surface area contributed by atoms with Crippen molar-refractivity contribution in [3.63, 3.8) is 0 Å². The summed E-state index contributed by atoms with van der Waals surface area (Å²) in [7, 11) is 0. The molecule has 6 heteroatoms. The fraction of sp³-hybridized carbons (Fsp3) is 0. The Morgan fingerprint density at radius 2 is 2.14 bits per heavy atom. The van der Waals surface area contributed by atoms with Gasteiger partial charge in [0.15, 0.2) is 5.56 Å². The van der Waals surface area contributed by atoms with Crippen LogP contribution in [0.1, 0.15) is 10.4 Å². The van der Waals surface area contributed by atoms with Crippen molar-refractivity contribution in [2.45, 2.75) is 0 Å². The molecular formula is C8H5NO4S. The number of aromatic nitrogens is 1. The summed E-state index contributed by atoms with van der Waals surface area (Å²) in [5.41, 5.74) is -0.959. The zero-order valence-electron chi connectivity index (χ0n) is 6.77. The molecule has 3 N–H and O–H groups in total. The number of carboxylic acid groups (broad SMARTS) is 1. The van der Waals surface area contributed by atoms with Gasteiger partial charge in [0.2, 0.25) is 0 Å². The summed E-state index contributed by atoms with van der Waals surface area (Å²) in [4.78, 5) is 24.2. The average Bonchev–Trinajstić information content (AvgIpc) is 2.50. The summed E-state index contributed by atoms with van der Waals surface area (Å²) >= 11 is 1.27. The van der Waals surface area contributed by atoms with Crippen LogP contribution in [0.3, 0.4) is 0 Å². The highest BCUT2D eigenvalue weighted by Gasteiger charge is 2.18. The van der Waals surface area contributed by atoms with E-state index in [0.29, 0.717) is 10.9 Å². The lowest BCUT2D eigenvalue weighted by molar-refractivity contribution is 0.0692. The van der Waals surface area contributed by atoms with Crippen LogP contribution in [0.15, 0.2) is 15.6 Å². The lowest BCUT2D eigenvalue weighted by Gasteiger charge is -1.99. The van der Waals surface area contributed by atoms with Crippen molar-refractivity contribution in [2.24, 2.45) is 0 Å². The van der Waals surface area contributed by atoms with Gasteiger partial charge >= 0.3 is 5.97 Å². The Bertz CT molecular complexity index is 568. The van der Waals surface area contributed by atoms with E-state index in [1.165, 1.54) is 11.3 Å². The predicted molar refractivity (Wildman–Crippen MR) is 51.1 cm³/mol. The van der Waals surface area contributed by atoms with Gasteiger partial charge in [-0.3, -0.25) is 4.79 Å². The van der Waals surface area contributed by atoms with Crippen LogP contribution in [0, 0.1) is 0 Å². The Morgan fingerprint density at radius 3 is 2.79 bits per heavy atom. The Hall–Kier alpha value is -1.82. The van der Waals surface area contributed by atoms with Crippen LogP contribution in [0.25, 0.3) is 10.9 Å². The first-order valence-electron chi connectivity index (χ1n) is 3.65. The molecule has 2 heterocycles. The number of nitrogens with one attached hydrogen (secondary N) is 1. The Kier molecular flexibility index (Phi) is 1.78. The zero-order chi connectivity index (χ0) is 10.3. The largest absolute Gasteiger partial charge is 0.506 e. The van der Waals surface area contributed by atoms with Crippen LogP contribution in [0.5, 0.6) is 5.75 Å². The monoisotopic (exact) mass is 211 g/mol. The first kappa shape index (κ1) is 8.76. The molecule has 5 nitrogen and oxygen atoms in total. The van der Waals surface area contributed by atoms with Gasteiger partial charge < -0.3 is 15.2 Å². The van der Waals surface area contributed by atoms with E-state index in [9.17, 15) is 14.7 Å². The van der Waals surface area contributed by atoms with E-state index in [-0.39, 0.29) is 0 Å². The fourth-order valence-electron chi connectivity index (χ4n) is 1.20. The summed E-state index contributed by atoms with van der Waals surface area (Å²) < 4.78 is 0. The number of carbonyl (C=O) groups is 1. The molecule has 14 heavy (non-hydrogen) atoms. The normalized spacial score (nSPS) is 10.6. The van der Waals surface area contributed by atoms with Gasteiger partial charge in [0.05, 0.1) is 10.9 Å². The molecule has 0 spiro atoms. The maximum absolute atomic E-state index is 11.2. The molecule has 2 rings (SSSR count). The zero-order valence-corrected chi connectivity index (χ0v) is 7.59. The smallest absolute Gasteiger partial charge is 0.345 e. The molecule has 0 aliphatic carbocycles. The number of rotatable bonds is 1. The number of hydrogen-bond acceptors (Lipinski definition) is 4. The highest BCUT2D eigenvalue weighted by atomic mass is 32.1. The summed E-state index contributed by atoms with van der Waals surface area (Å²) in [6.45, 7) is 0. The van der Waals surface area contributed by atoms with E-state index >= 15 is 0 Å². The first-order valence-corrected chi connectivity index (χ1v) is 4.60. The molecule has 2 aromatic rings. The van der Waals surface area contributed by atoms with E-state index in [0.717, 1.165) is 0 Å². The number of H-pyrrole nitrogens is 1. The number of pyridine rings is 1. The van der Waals surface area contributed by atoms with Crippen LogP contribution in [-0.2, 0) is 0 Å². The van der Waals surface area contributed by atoms with Gasteiger partial charge in [-0.1, -0.05) is 0 Å². The average molecular weight is 211 g/mol. The molecule has 0 unspecified atom stereocenters. The number of aromatic hydroxyl groups is 1. The van der Waals surface area contributed by atoms with Crippen molar-refractivity contribution in [1.29, 1.82) is 0 Å². The molecule has 0 bridgehead atoms. The van der Waals surface area contributed by atoms with E-state index in [1.807, 2.05) is 0 Å². The maximum atomic E-state index is 11.2. The van der Waals surface area contributed by atoms with Crippen molar-refractivity contribution in [1.82, 2.24) is 4.98 Å². The third-order valence-electron chi connectivity index (χ3n) is 1.84. The van der Waals surface area contributed by atoms with Crippen molar-refractivity contribution in [3.8, 4) is 5.75 Å². The summed E-state index contributed by atoms with van der Waals surface area (Å²) in [6, 6.07) is 0. The van der Waals surface area contributed by atoms with Crippen LogP contribution in [0.4, 0.5) is 0 Å². The third-order valence-corrected chi connectivity index (χ3v) is 2.59. The molecular weight excluding hydrogens is 206 g/mol. The topological polar surface area (TPSA) is 90.4 Å². The molecule has 0 amide bonds. The molecule has 0 aliphatic rings. The molecule has 0 saturated heterocycles. The SMILES string of the molecule is O=C(O)c1c(O)c2cscc2[nH]c1=O. The van der Waals surface area contributed by atoms with Gasteiger partial charge in [0.1, 0.15) is 5.75 Å². The van der Waals surface area contributed by atoms with Crippen LogP contribution in [-0.4, -0.2) is 21.2 Å². The molecule has 0 fully saturated rings. The quantitative estimate of drug-likeness (QED) is 0.656. The van der Waals surface area contributed by atoms with E-state index < -0.39 is 22.8 Å². The molecule has 2 aromatic heterocycles. The maximum Gasteiger partial charge on any atom is 0.345 e. The number of hydrogen-bond donors (Lipinski definition) is 3. The second kappa shape index (κ2) is 2.85. The standard InChI is InChI=1S/C8H5NO4S/c10-6-3-1-14-2-4(3)9-7(11)5(6)8(12)13/h1-2,10H,(H,9,11)(H,12,13). The molecule has 0 aromatic carbocycles. The van der Waals surface area contributed by atoms with Crippen molar-refractivity contribution >= 4 is 28.2 Å². The Morgan fingerprint density at radius 1 is 1.43 bits per heavy atom. The number of carboxylic acids is 1.